The molecule has 4 rings (SSSR count). The molecule has 1 aliphatic heterocycles. The summed E-state index contributed by atoms with van der Waals surface area (Å²) >= 11 is 0. The van der Waals surface area contributed by atoms with Gasteiger partial charge >= 0.3 is 0 Å². The van der Waals surface area contributed by atoms with Crippen molar-refractivity contribution in [2.24, 2.45) is 11.8 Å². The van der Waals surface area contributed by atoms with Crippen molar-refractivity contribution in [2.75, 3.05) is 38.5 Å². The lowest BCUT2D eigenvalue weighted by atomic mass is 9.79. The molecule has 0 spiro atoms. The van der Waals surface area contributed by atoms with Crippen LogP contribution in [0.3, 0.4) is 0 Å². The Morgan fingerprint density at radius 2 is 1.77 bits per heavy atom. The van der Waals surface area contributed by atoms with Crippen LogP contribution in [0.4, 0.5) is 10.1 Å². The molecule has 1 aromatic heterocycles. The van der Waals surface area contributed by atoms with Crippen molar-refractivity contribution < 1.29 is 28.2 Å². The van der Waals surface area contributed by atoms with Crippen LogP contribution in [0, 0.1) is 17.7 Å². The molecule has 3 atom stereocenters. The molecule has 234 valence electrons. The molecular formula is C30H42FN7O5. The summed E-state index contributed by atoms with van der Waals surface area (Å²) in [4.78, 5) is 55.9. The maximum absolute atomic E-state index is 15.5. The number of nitrogens with zero attached hydrogens (tertiary/aromatic N) is 4. The molecule has 3 N–H and O–H groups in total. The van der Waals surface area contributed by atoms with E-state index in [1.807, 2.05) is 7.05 Å². The molecule has 1 aliphatic carbocycles. The standard InChI is InChI=1S/C30H42FN7O5/c1-5-25(39)34-26(30(42)38-14-12-37(4)13-15-38)19(3)21-10-11-23(22(31)16-21)33-29(41)27(20-8-6-18(2)7-9-20)35-28(40)24-17-32-43-36-24/h10-11,16-20,26-27H,5-9,12-15H2,1-4H3,(H,33,41)(H,34,39)(H,35,40)/t18?,19-,20?,26+,27-/m0/s1. The molecule has 4 amide bonds. The van der Waals surface area contributed by atoms with Crippen molar-refractivity contribution in [3.63, 3.8) is 0 Å². The number of aromatic nitrogens is 2. The summed E-state index contributed by atoms with van der Waals surface area (Å²) in [5.74, 6) is -2.44. The highest BCUT2D eigenvalue weighted by atomic mass is 19.1. The van der Waals surface area contributed by atoms with Gasteiger partial charge in [0.15, 0.2) is 5.69 Å². The zero-order chi connectivity index (χ0) is 31.1. The van der Waals surface area contributed by atoms with Crippen LogP contribution < -0.4 is 16.0 Å². The maximum atomic E-state index is 15.5. The first-order valence-electron chi connectivity index (χ1n) is 15.0. The normalized spacial score (nSPS) is 21.4. The van der Waals surface area contributed by atoms with Crippen LogP contribution in [-0.2, 0) is 14.4 Å². The molecular weight excluding hydrogens is 557 g/mol. The van der Waals surface area contributed by atoms with Crippen molar-refractivity contribution in [2.45, 2.75) is 70.9 Å². The Balaban J connectivity index is 1.50. The van der Waals surface area contributed by atoms with Gasteiger partial charge in [-0.15, -0.1) is 0 Å². The predicted octanol–water partition coefficient (Wildman–Crippen LogP) is 2.54. The van der Waals surface area contributed by atoms with E-state index in [1.165, 1.54) is 12.1 Å². The summed E-state index contributed by atoms with van der Waals surface area (Å²) in [6.07, 6.45) is 4.68. The Kier molecular flexibility index (Phi) is 10.8. The average Bonchev–Trinajstić information content (AvgIpc) is 3.55. The van der Waals surface area contributed by atoms with Gasteiger partial charge in [0, 0.05) is 38.5 Å². The smallest absolute Gasteiger partial charge is 0.275 e. The number of piperazine rings is 1. The SMILES string of the molecule is CCC(=O)N[C@@H](C(=O)N1CCN(C)CC1)[C@@H](C)c1ccc(NC(=O)[C@@H](NC(=O)c2cnon2)C2CCC(C)CC2)c(F)c1. The van der Waals surface area contributed by atoms with Crippen molar-refractivity contribution in [3.8, 4) is 0 Å². The van der Waals surface area contributed by atoms with Crippen LogP contribution in [-0.4, -0.2) is 89.1 Å². The fourth-order valence-corrected chi connectivity index (χ4v) is 5.72. The van der Waals surface area contributed by atoms with Gasteiger partial charge < -0.3 is 25.8 Å². The summed E-state index contributed by atoms with van der Waals surface area (Å²) in [7, 11) is 1.99. The van der Waals surface area contributed by atoms with E-state index in [-0.39, 0.29) is 35.5 Å². The Hall–Kier alpha value is -3.87. The van der Waals surface area contributed by atoms with E-state index >= 15 is 4.39 Å². The highest BCUT2D eigenvalue weighted by molar-refractivity contribution is 6.00. The quantitative estimate of drug-likeness (QED) is 0.377. The number of benzene rings is 1. The Morgan fingerprint density at radius 1 is 1.07 bits per heavy atom. The minimum atomic E-state index is -0.912. The van der Waals surface area contributed by atoms with Gasteiger partial charge in [-0.2, -0.15) is 0 Å². The fraction of sp³-hybridized carbons (Fsp3) is 0.600. The second-order valence-electron chi connectivity index (χ2n) is 11.8. The van der Waals surface area contributed by atoms with E-state index in [0.29, 0.717) is 24.6 Å². The Labute approximate surface area is 251 Å². The monoisotopic (exact) mass is 599 g/mol. The number of carbonyl (C=O) groups is 4. The van der Waals surface area contributed by atoms with Crippen LogP contribution in [0.2, 0.25) is 0 Å². The van der Waals surface area contributed by atoms with Crippen molar-refractivity contribution >= 4 is 29.3 Å². The minimum absolute atomic E-state index is 0.0491. The fourth-order valence-electron chi connectivity index (χ4n) is 5.72. The third-order valence-electron chi connectivity index (χ3n) is 8.69. The number of anilines is 1. The third-order valence-corrected chi connectivity index (χ3v) is 8.69. The largest absolute Gasteiger partial charge is 0.344 e. The number of nitrogens with one attached hydrogen (secondary N) is 3. The van der Waals surface area contributed by atoms with E-state index in [9.17, 15) is 19.2 Å². The van der Waals surface area contributed by atoms with E-state index < -0.39 is 35.6 Å². The number of likely N-dealkylation sites (N-methyl/N-ethyl adjacent to an activating group) is 1. The molecule has 1 saturated heterocycles. The molecule has 43 heavy (non-hydrogen) atoms. The zero-order valence-electron chi connectivity index (χ0n) is 25.3. The molecule has 12 nitrogen and oxygen atoms in total. The van der Waals surface area contributed by atoms with Gasteiger partial charge in [-0.25, -0.2) is 9.02 Å². The average molecular weight is 600 g/mol. The first kappa shape index (κ1) is 32.1. The van der Waals surface area contributed by atoms with Crippen LogP contribution in [0.25, 0.3) is 0 Å². The van der Waals surface area contributed by atoms with Gasteiger partial charge in [-0.05, 0) is 54.6 Å². The molecule has 1 saturated carbocycles. The minimum Gasteiger partial charge on any atom is -0.344 e. The summed E-state index contributed by atoms with van der Waals surface area (Å²) in [5.41, 5.74) is 0.401. The lowest BCUT2D eigenvalue weighted by Crippen LogP contribution is -2.55. The molecule has 0 bridgehead atoms. The molecule has 2 heterocycles. The number of carbonyl (C=O) groups excluding carboxylic acids is 4. The summed E-state index contributed by atoms with van der Waals surface area (Å²) in [5, 5.41) is 15.2. The maximum Gasteiger partial charge on any atom is 0.275 e. The van der Waals surface area contributed by atoms with Crippen molar-refractivity contribution in [1.29, 1.82) is 0 Å². The molecule has 1 aromatic carbocycles. The van der Waals surface area contributed by atoms with Gasteiger partial charge in [0.05, 0.1) is 5.69 Å². The van der Waals surface area contributed by atoms with E-state index in [4.69, 9.17) is 0 Å². The Morgan fingerprint density at radius 3 is 2.37 bits per heavy atom. The third kappa shape index (κ3) is 8.15. The van der Waals surface area contributed by atoms with E-state index in [1.54, 1.807) is 24.8 Å². The van der Waals surface area contributed by atoms with Crippen molar-refractivity contribution in [3.05, 3.63) is 41.5 Å². The Bertz CT molecular complexity index is 1270. The van der Waals surface area contributed by atoms with Crippen LogP contribution in [0.15, 0.2) is 29.0 Å². The zero-order valence-corrected chi connectivity index (χ0v) is 25.3. The molecule has 2 aliphatic rings. The van der Waals surface area contributed by atoms with Gasteiger partial charge in [0.2, 0.25) is 17.7 Å². The van der Waals surface area contributed by atoms with Crippen LogP contribution in [0.1, 0.15) is 74.8 Å². The van der Waals surface area contributed by atoms with Crippen molar-refractivity contribution in [1.82, 2.24) is 30.7 Å². The molecule has 2 aromatic rings. The van der Waals surface area contributed by atoms with Crippen LogP contribution >= 0.6 is 0 Å². The lowest BCUT2D eigenvalue weighted by molar-refractivity contribution is -0.138. The molecule has 0 unspecified atom stereocenters. The van der Waals surface area contributed by atoms with E-state index in [0.717, 1.165) is 45.0 Å². The van der Waals surface area contributed by atoms with Gasteiger partial charge in [-0.3, -0.25) is 19.2 Å². The lowest BCUT2D eigenvalue weighted by Gasteiger charge is -2.36. The highest BCUT2D eigenvalue weighted by Crippen LogP contribution is 2.32. The predicted molar refractivity (Wildman–Crippen MR) is 156 cm³/mol. The summed E-state index contributed by atoms with van der Waals surface area (Å²) < 4.78 is 20.0. The number of hydrogen-bond donors (Lipinski definition) is 3. The second-order valence-corrected chi connectivity index (χ2v) is 11.8. The van der Waals surface area contributed by atoms with Crippen LogP contribution in [0.5, 0.6) is 0 Å². The van der Waals surface area contributed by atoms with Gasteiger partial charge in [-0.1, -0.05) is 44.8 Å². The number of rotatable bonds is 10. The number of halogens is 1. The molecule has 0 radical (unpaired) electrons. The number of hydrogen-bond acceptors (Lipinski definition) is 8. The second kappa shape index (κ2) is 14.5. The first-order chi connectivity index (χ1) is 20.6. The van der Waals surface area contributed by atoms with E-state index in [2.05, 4.69) is 42.7 Å². The van der Waals surface area contributed by atoms with Gasteiger partial charge in [0.25, 0.3) is 5.91 Å². The first-order valence-corrected chi connectivity index (χ1v) is 15.0. The topological polar surface area (TPSA) is 150 Å². The molecule has 13 heteroatoms. The number of amides is 4. The summed E-state index contributed by atoms with van der Waals surface area (Å²) in [6, 6.07) is 2.59. The summed E-state index contributed by atoms with van der Waals surface area (Å²) in [6.45, 7) is 8.19. The highest BCUT2D eigenvalue weighted by Gasteiger charge is 2.35. The molecule has 2 fully saturated rings. The van der Waals surface area contributed by atoms with Gasteiger partial charge in [0.1, 0.15) is 24.1 Å².